The van der Waals surface area contributed by atoms with E-state index in [1.54, 1.807) is 7.11 Å². The van der Waals surface area contributed by atoms with E-state index in [2.05, 4.69) is 108 Å². The summed E-state index contributed by atoms with van der Waals surface area (Å²) < 4.78 is 5.95. The lowest BCUT2D eigenvalue weighted by Gasteiger charge is -2.45. The van der Waals surface area contributed by atoms with Gasteiger partial charge in [-0.3, -0.25) is 4.79 Å². The van der Waals surface area contributed by atoms with Gasteiger partial charge in [-0.1, -0.05) is 119 Å². The highest BCUT2D eigenvalue weighted by molar-refractivity contribution is 6.84. The number of rotatable bonds is 11. The maximum Gasteiger partial charge on any atom is 0.217 e. The summed E-state index contributed by atoms with van der Waals surface area (Å²) in [7, 11) is -0.144. The molecule has 1 N–H and O–H groups in total. The van der Waals surface area contributed by atoms with Crippen molar-refractivity contribution in [3.8, 4) is 0 Å². The van der Waals surface area contributed by atoms with Crippen LogP contribution in [0.5, 0.6) is 0 Å². The summed E-state index contributed by atoms with van der Waals surface area (Å²) in [5.41, 5.74) is 4.77. The molecule has 0 saturated heterocycles. The molecule has 0 aromatic heterocycles. The number of carbonyl (C=O) groups is 1. The van der Waals surface area contributed by atoms with Gasteiger partial charge in [-0.15, -0.1) is 0 Å². The minimum Gasteiger partial charge on any atom is -0.493 e. The zero-order chi connectivity index (χ0) is 25.8. The SMILES string of the molecule is COC1=C(C[Si](C(C)C)(C(C)C)C(C)C)[C@@H](c2ccccc2)[C@](C)(NCCc2ccccc2)C1=O. The number of hydrogen-bond donors (Lipinski definition) is 1. The molecule has 1 aliphatic carbocycles. The van der Waals surface area contributed by atoms with Crippen LogP contribution in [-0.4, -0.2) is 33.1 Å². The largest absolute Gasteiger partial charge is 0.493 e. The van der Waals surface area contributed by atoms with Crippen LogP contribution in [0.4, 0.5) is 0 Å². The number of ketones is 1. The van der Waals surface area contributed by atoms with Gasteiger partial charge >= 0.3 is 0 Å². The molecule has 2 aromatic carbocycles. The molecule has 3 nitrogen and oxygen atoms in total. The molecule has 0 aliphatic heterocycles. The Balaban J connectivity index is 2.07. The molecule has 2 aromatic rings. The summed E-state index contributed by atoms with van der Waals surface area (Å²) in [5, 5.41) is 3.72. The van der Waals surface area contributed by atoms with E-state index in [-0.39, 0.29) is 11.7 Å². The van der Waals surface area contributed by atoms with Gasteiger partial charge in [0.05, 0.1) is 20.7 Å². The molecule has 2 atom stereocenters. The molecule has 0 radical (unpaired) electrons. The van der Waals surface area contributed by atoms with Gasteiger partial charge in [0.25, 0.3) is 0 Å². The van der Waals surface area contributed by atoms with E-state index in [4.69, 9.17) is 4.74 Å². The van der Waals surface area contributed by atoms with E-state index in [1.165, 1.54) is 16.7 Å². The van der Waals surface area contributed by atoms with E-state index in [0.717, 1.165) is 19.0 Å². The minimum absolute atomic E-state index is 0.0370. The lowest BCUT2D eigenvalue weighted by Crippen LogP contribution is -2.52. The van der Waals surface area contributed by atoms with Gasteiger partial charge < -0.3 is 10.1 Å². The summed E-state index contributed by atoms with van der Waals surface area (Å²) >= 11 is 0. The van der Waals surface area contributed by atoms with Crippen molar-refractivity contribution in [3.63, 3.8) is 0 Å². The Kier molecular flexibility index (Phi) is 8.82. The quantitative estimate of drug-likeness (QED) is 0.330. The predicted molar refractivity (Wildman–Crippen MR) is 151 cm³/mol. The van der Waals surface area contributed by atoms with Crippen LogP contribution in [0.15, 0.2) is 72.0 Å². The summed E-state index contributed by atoms with van der Waals surface area (Å²) in [5.74, 6) is 0.647. The molecule has 4 heteroatoms. The first-order chi connectivity index (χ1) is 16.6. The monoisotopic (exact) mass is 491 g/mol. The number of benzene rings is 2. The Morgan fingerprint density at radius 1 is 0.886 bits per heavy atom. The molecule has 0 saturated carbocycles. The maximum atomic E-state index is 14.1. The van der Waals surface area contributed by atoms with Crippen molar-refractivity contribution >= 4 is 13.9 Å². The second kappa shape index (κ2) is 11.3. The van der Waals surface area contributed by atoms with Gasteiger partial charge in [-0.2, -0.15) is 0 Å². The van der Waals surface area contributed by atoms with Crippen LogP contribution in [0, 0.1) is 0 Å². The van der Waals surface area contributed by atoms with E-state index >= 15 is 0 Å². The van der Waals surface area contributed by atoms with Crippen LogP contribution in [0.25, 0.3) is 0 Å². The summed E-state index contributed by atoms with van der Waals surface area (Å²) in [6, 6.07) is 22.0. The summed E-state index contributed by atoms with van der Waals surface area (Å²) in [6.45, 7) is 17.2. The first-order valence-corrected chi connectivity index (χ1v) is 15.7. The van der Waals surface area contributed by atoms with Crippen molar-refractivity contribution in [1.29, 1.82) is 0 Å². The first-order valence-electron chi connectivity index (χ1n) is 13.2. The van der Waals surface area contributed by atoms with Crippen LogP contribution in [0.1, 0.15) is 65.5 Å². The fourth-order valence-corrected chi connectivity index (χ4v) is 13.1. The number of hydrogen-bond acceptors (Lipinski definition) is 3. The van der Waals surface area contributed by atoms with Gasteiger partial charge in [0.15, 0.2) is 5.76 Å². The van der Waals surface area contributed by atoms with Gasteiger partial charge in [0.2, 0.25) is 5.78 Å². The molecular weight excluding hydrogens is 446 g/mol. The summed E-state index contributed by atoms with van der Waals surface area (Å²) in [6.07, 6.45) is 0.880. The molecule has 0 unspecified atom stereocenters. The molecule has 0 heterocycles. The fourth-order valence-electron chi connectivity index (χ4n) is 6.81. The Morgan fingerprint density at radius 3 is 1.89 bits per heavy atom. The van der Waals surface area contributed by atoms with E-state index in [9.17, 15) is 4.79 Å². The highest BCUT2D eigenvalue weighted by atomic mass is 28.3. The standard InChI is InChI=1S/C31H45NO2Si/c1-22(2)35(23(3)4,24(5)6)21-27-28(26-17-13-10-14-18-26)31(7,30(33)29(27)34-8)32-20-19-25-15-11-9-12-16-25/h9-18,22-24,28,32H,19-21H2,1-8H3/t28-,31+/m1/s1. The molecule has 0 bridgehead atoms. The van der Waals surface area contributed by atoms with Gasteiger partial charge in [-0.05, 0) is 36.1 Å². The van der Waals surface area contributed by atoms with Crippen LogP contribution in [0.3, 0.4) is 0 Å². The molecular formula is C31H45NO2Si. The number of Topliss-reactive ketones (excluding diaryl/α,β-unsaturated/α-hetero) is 1. The highest BCUT2D eigenvalue weighted by Crippen LogP contribution is 2.53. The molecule has 0 fully saturated rings. The molecule has 0 amide bonds. The number of ether oxygens (including phenoxy) is 1. The van der Waals surface area contributed by atoms with Crippen molar-refractivity contribution in [1.82, 2.24) is 5.32 Å². The third kappa shape index (κ3) is 5.19. The number of methoxy groups -OCH3 is 1. The van der Waals surface area contributed by atoms with Gasteiger partial charge in [0, 0.05) is 12.5 Å². The van der Waals surface area contributed by atoms with Crippen molar-refractivity contribution < 1.29 is 9.53 Å². The summed E-state index contributed by atoms with van der Waals surface area (Å²) in [4.78, 5) is 14.1. The second-order valence-corrected chi connectivity index (χ2v) is 17.4. The zero-order valence-electron chi connectivity index (χ0n) is 23.0. The average molecular weight is 492 g/mol. The van der Waals surface area contributed by atoms with Crippen molar-refractivity contribution in [2.75, 3.05) is 13.7 Å². The van der Waals surface area contributed by atoms with Crippen molar-refractivity contribution in [2.24, 2.45) is 0 Å². The highest BCUT2D eigenvalue weighted by Gasteiger charge is 2.55. The maximum absolute atomic E-state index is 14.1. The predicted octanol–water partition coefficient (Wildman–Crippen LogP) is 7.52. The smallest absolute Gasteiger partial charge is 0.217 e. The fraction of sp³-hybridized carbons (Fsp3) is 0.516. The average Bonchev–Trinajstić information content (AvgIpc) is 3.03. The first kappa shape index (κ1) is 27.4. The Labute approximate surface area is 214 Å². The van der Waals surface area contributed by atoms with Crippen LogP contribution in [-0.2, 0) is 16.0 Å². The van der Waals surface area contributed by atoms with Gasteiger partial charge in [-0.25, -0.2) is 0 Å². The second-order valence-electron chi connectivity index (χ2n) is 11.3. The number of nitrogens with one attached hydrogen (secondary N) is 1. The van der Waals surface area contributed by atoms with Crippen molar-refractivity contribution in [3.05, 3.63) is 83.1 Å². The Morgan fingerprint density at radius 2 is 1.40 bits per heavy atom. The third-order valence-corrected chi connectivity index (χ3v) is 16.1. The lowest BCUT2D eigenvalue weighted by molar-refractivity contribution is -0.123. The Hall–Kier alpha value is -2.17. The topological polar surface area (TPSA) is 38.3 Å². The third-order valence-electron chi connectivity index (χ3n) is 8.70. The molecule has 1 aliphatic rings. The van der Waals surface area contributed by atoms with Crippen molar-refractivity contribution in [2.45, 2.75) is 89.0 Å². The van der Waals surface area contributed by atoms with Crippen LogP contribution < -0.4 is 5.32 Å². The normalized spacial score (nSPS) is 21.0. The van der Waals surface area contributed by atoms with E-state index in [0.29, 0.717) is 22.4 Å². The molecule has 35 heavy (non-hydrogen) atoms. The molecule has 0 spiro atoms. The Bertz CT molecular complexity index is 991. The van der Waals surface area contributed by atoms with Crippen LogP contribution in [0.2, 0.25) is 22.7 Å². The minimum atomic E-state index is -1.82. The van der Waals surface area contributed by atoms with E-state index in [1.807, 2.05) is 6.07 Å². The zero-order valence-corrected chi connectivity index (χ0v) is 24.0. The lowest BCUT2D eigenvalue weighted by atomic mass is 9.79. The molecule has 3 rings (SSSR count). The van der Waals surface area contributed by atoms with Gasteiger partial charge in [0.1, 0.15) is 0 Å². The van der Waals surface area contributed by atoms with E-state index < -0.39 is 13.6 Å². The number of carbonyl (C=O) groups excluding carboxylic acids is 1. The van der Waals surface area contributed by atoms with Crippen LogP contribution >= 0.6 is 0 Å². The molecule has 190 valence electrons.